The molecule has 1 aromatic heterocycles. The lowest BCUT2D eigenvalue weighted by molar-refractivity contribution is 0.585. The minimum Gasteiger partial charge on any atom is -0.339 e. The number of nitrogens with zero attached hydrogens (tertiary/aromatic N) is 4. The first-order valence-corrected chi connectivity index (χ1v) is 6.61. The quantitative estimate of drug-likeness (QED) is 0.660. The van der Waals surface area contributed by atoms with Gasteiger partial charge in [0.15, 0.2) is 9.84 Å². The lowest BCUT2D eigenvalue weighted by Crippen LogP contribution is -2.41. The molecular formula is C9H10N4O2S. The second-order valence-corrected chi connectivity index (χ2v) is 5.80. The summed E-state index contributed by atoms with van der Waals surface area (Å²) in [5.41, 5.74) is 0.290. The van der Waals surface area contributed by atoms with E-state index in [2.05, 4.69) is 9.97 Å². The number of hydrogen-bond donors (Lipinski definition) is 0. The Morgan fingerprint density at radius 1 is 1.38 bits per heavy atom. The lowest BCUT2D eigenvalue weighted by atomic mass is 10.4. The molecule has 0 saturated carbocycles. The number of hydrogen-bond acceptors (Lipinski definition) is 6. The summed E-state index contributed by atoms with van der Waals surface area (Å²) in [5.74, 6) is 0.661. The third kappa shape index (κ3) is 2.28. The smallest absolute Gasteiger partial charge is 0.226 e. The molecule has 6 nitrogen and oxygen atoms in total. The molecule has 1 aliphatic rings. The lowest BCUT2D eigenvalue weighted by Gasteiger charge is -2.26. The van der Waals surface area contributed by atoms with E-state index in [9.17, 15) is 8.42 Å². The average Bonchev–Trinajstić information content (AvgIpc) is 2.29. The van der Waals surface area contributed by atoms with Gasteiger partial charge >= 0.3 is 0 Å². The predicted molar refractivity (Wildman–Crippen MR) is 57.6 cm³/mol. The molecule has 2 rings (SSSR count). The van der Waals surface area contributed by atoms with Crippen molar-refractivity contribution < 1.29 is 8.42 Å². The number of aromatic nitrogens is 2. The molecule has 0 bridgehead atoms. The fourth-order valence-electron chi connectivity index (χ4n) is 1.48. The van der Waals surface area contributed by atoms with Crippen LogP contribution < -0.4 is 4.90 Å². The average molecular weight is 238 g/mol. The van der Waals surface area contributed by atoms with Gasteiger partial charge in [-0.25, -0.2) is 18.4 Å². The molecule has 1 aliphatic heterocycles. The summed E-state index contributed by atoms with van der Waals surface area (Å²) in [6, 6.07) is 3.44. The Kier molecular flexibility index (Phi) is 2.75. The van der Waals surface area contributed by atoms with Crippen molar-refractivity contribution in [3.63, 3.8) is 0 Å². The van der Waals surface area contributed by atoms with Gasteiger partial charge in [0.25, 0.3) is 0 Å². The highest BCUT2D eigenvalue weighted by Crippen LogP contribution is 2.11. The van der Waals surface area contributed by atoms with Crippen LogP contribution in [0.3, 0.4) is 0 Å². The van der Waals surface area contributed by atoms with Gasteiger partial charge in [0.05, 0.1) is 11.5 Å². The summed E-state index contributed by atoms with van der Waals surface area (Å²) >= 11 is 0. The van der Waals surface area contributed by atoms with Gasteiger partial charge < -0.3 is 4.90 Å². The fourth-order valence-corrected chi connectivity index (χ4v) is 2.68. The van der Waals surface area contributed by atoms with Crippen LogP contribution in [0.1, 0.15) is 5.69 Å². The van der Waals surface area contributed by atoms with E-state index in [1.54, 1.807) is 4.90 Å². The van der Waals surface area contributed by atoms with Crippen molar-refractivity contribution in [3.05, 3.63) is 18.0 Å². The molecule has 1 fully saturated rings. The first-order valence-electron chi connectivity index (χ1n) is 4.79. The number of nitriles is 1. The Bertz CT molecular complexity index is 521. The van der Waals surface area contributed by atoms with Crippen molar-refractivity contribution >= 4 is 15.8 Å². The molecule has 7 heteroatoms. The van der Waals surface area contributed by atoms with Gasteiger partial charge in [-0.3, -0.25) is 0 Å². The summed E-state index contributed by atoms with van der Waals surface area (Å²) in [4.78, 5) is 9.83. The molecule has 16 heavy (non-hydrogen) atoms. The largest absolute Gasteiger partial charge is 0.339 e. The van der Waals surface area contributed by atoms with Crippen molar-refractivity contribution in [1.29, 1.82) is 5.26 Å². The van der Waals surface area contributed by atoms with Gasteiger partial charge in [0, 0.05) is 19.3 Å². The first kappa shape index (κ1) is 10.8. The molecule has 84 valence electrons. The van der Waals surface area contributed by atoms with Crippen molar-refractivity contribution in [1.82, 2.24) is 9.97 Å². The van der Waals surface area contributed by atoms with Crippen molar-refractivity contribution in [3.8, 4) is 6.07 Å². The molecule has 0 radical (unpaired) electrons. The van der Waals surface area contributed by atoms with E-state index in [1.165, 1.54) is 12.3 Å². The van der Waals surface area contributed by atoms with Crippen molar-refractivity contribution in [2.45, 2.75) is 0 Å². The Balaban J connectivity index is 2.17. The maximum atomic E-state index is 11.2. The van der Waals surface area contributed by atoms with Crippen LogP contribution in [-0.4, -0.2) is 43.0 Å². The number of anilines is 1. The maximum absolute atomic E-state index is 11.2. The van der Waals surface area contributed by atoms with E-state index in [4.69, 9.17) is 5.26 Å². The van der Waals surface area contributed by atoms with E-state index in [0.29, 0.717) is 24.7 Å². The van der Waals surface area contributed by atoms with Gasteiger partial charge in [-0.15, -0.1) is 0 Å². The molecule has 0 amide bonds. The third-order valence-electron chi connectivity index (χ3n) is 2.38. The molecule has 0 atom stereocenters. The Morgan fingerprint density at radius 3 is 2.69 bits per heavy atom. The fraction of sp³-hybridized carbons (Fsp3) is 0.444. The topological polar surface area (TPSA) is 87.0 Å². The zero-order valence-corrected chi connectivity index (χ0v) is 9.31. The van der Waals surface area contributed by atoms with Gasteiger partial charge in [-0.05, 0) is 6.07 Å². The molecule has 2 heterocycles. The van der Waals surface area contributed by atoms with E-state index in [1.807, 2.05) is 6.07 Å². The molecule has 0 spiro atoms. The summed E-state index contributed by atoms with van der Waals surface area (Å²) in [7, 11) is -2.90. The van der Waals surface area contributed by atoms with E-state index in [0.717, 1.165) is 0 Å². The number of rotatable bonds is 1. The Hall–Kier alpha value is -1.68. The standard InChI is InChI=1S/C9H10N4O2S/c10-7-8-1-2-11-9(12-8)13-3-5-16(14,15)6-4-13/h1-2H,3-6H2. The molecule has 1 saturated heterocycles. The maximum Gasteiger partial charge on any atom is 0.226 e. The summed E-state index contributed by atoms with van der Waals surface area (Å²) < 4.78 is 22.5. The summed E-state index contributed by atoms with van der Waals surface area (Å²) in [6.07, 6.45) is 1.50. The van der Waals surface area contributed by atoms with Crippen molar-refractivity contribution in [2.75, 3.05) is 29.5 Å². The normalized spacial score (nSPS) is 19.1. The molecule has 0 N–H and O–H groups in total. The third-order valence-corrected chi connectivity index (χ3v) is 3.99. The zero-order chi connectivity index (χ0) is 11.6. The highest BCUT2D eigenvalue weighted by atomic mass is 32.2. The first-order chi connectivity index (χ1) is 7.61. The molecule has 0 aromatic carbocycles. The molecule has 1 aromatic rings. The summed E-state index contributed by atoms with van der Waals surface area (Å²) in [5, 5.41) is 8.69. The monoisotopic (exact) mass is 238 g/mol. The van der Waals surface area contributed by atoms with E-state index >= 15 is 0 Å². The van der Waals surface area contributed by atoms with E-state index in [-0.39, 0.29) is 11.5 Å². The second-order valence-electron chi connectivity index (χ2n) is 3.49. The molecule has 0 unspecified atom stereocenters. The minimum absolute atomic E-state index is 0.118. The van der Waals surface area contributed by atoms with Crippen LogP contribution in [-0.2, 0) is 9.84 Å². The Morgan fingerprint density at radius 2 is 2.06 bits per heavy atom. The van der Waals surface area contributed by atoms with Gasteiger partial charge in [0.2, 0.25) is 5.95 Å². The molecule has 0 aliphatic carbocycles. The van der Waals surface area contributed by atoms with Crippen LogP contribution in [0.15, 0.2) is 12.3 Å². The van der Waals surface area contributed by atoms with Crippen LogP contribution in [0.25, 0.3) is 0 Å². The number of sulfone groups is 1. The highest BCUT2D eigenvalue weighted by Gasteiger charge is 2.23. The van der Waals surface area contributed by atoms with Crippen LogP contribution in [0.4, 0.5) is 5.95 Å². The minimum atomic E-state index is -2.90. The summed E-state index contributed by atoms with van der Waals surface area (Å²) in [6.45, 7) is 0.772. The van der Waals surface area contributed by atoms with E-state index < -0.39 is 9.84 Å². The highest BCUT2D eigenvalue weighted by molar-refractivity contribution is 7.91. The Labute approximate surface area is 93.5 Å². The van der Waals surface area contributed by atoms with Gasteiger partial charge in [-0.2, -0.15) is 5.26 Å². The van der Waals surface area contributed by atoms with Crippen molar-refractivity contribution in [2.24, 2.45) is 0 Å². The SMILES string of the molecule is N#Cc1ccnc(N2CCS(=O)(=O)CC2)n1. The van der Waals surface area contributed by atoms with Crippen LogP contribution in [0.5, 0.6) is 0 Å². The van der Waals surface area contributed by atoms with Crippen LogP contribution in [0, 0.1) is 11.3 Å². The molecular weight excluding hydrogens is 228 g/mol. The van der Waals surface area contributed by atoms with Crippen LogP contribution >= 0.6 is 0 Å². The van der Waals surface area contributed by atoms with Gasteiger partial charge in [0.1, 0.15) is 11.8 Å². The van der Waals surface area contributed by atoms with Crippen LogP contribution in [0.2, 0.25) is 0 Å². The van der Waals surface area contributed by atoms with Gasteiger partial charge in [-0.1, -0.05) is 0 Å². The predicted octanol–water partition coefficient (Wildman–Crippen LogP) is -0.417. The zero-order valence-electron chi connectivity index (χ0n) is 8.50. The second kappa shape index (κ2) is 4.06.